The molecule has 150 valence electrons. The molecule has 0 N–H and O–H groups in total. The largest absolute Gasteiger partial charge is 0.496 e. The summed E-state index contributed by atoms with van der Waals surface area (Å²) in [5.41, 5.74) is 0.331. The minimum absolute atomic E-state index is 0.0343. The standard InChI is InChI=1S/C20H30N2O4S/c1-21(16-9-5-3-6-10-16)27(24,25)17-11-12-19(26-2)18(15-17)20(23)22-13-7-4-8-14-22/h11-12,15-16H,3-10,13-14H2,1-2H3. The summed E-state index contributed by atoms with van der Waals surface area (Å²) >= 11 is 0. The summed E-state index contributed by atoms with van der Waals surface area (Å²) in [5, 5.41) is 0. The molecule has 2 aliphatic rings. The van der Waals surface area contributed by atoms with Crippen LogP contribution in [0, 0.1) is 0 Å². The van der Waals surface area contributed by atoms with Crippen LogP contribution in [0.1, 0.15) is 61.7 Å². The zero-order valence-electron chi connectivity index (χ0n) is 16.3. The van der Waals surface area contributed by atoms with Gasteiger partial charge in [-0.3, -0.25) is 4.79 Å². The van der Waals surface area contributed by atoms with Crippen LogP contribution >= 0.6 is 0 Å². The molecule has 0 radical (unpaired) electrons. The number of likely N-dealkylation sites (tertiary alicyclic amines) is 1. The molecule has 27 heavy (non-hydrogen) atoms. The number of hydrogen-bond donors (Lipinski definition) is 0. The molecular formula is C20H30N2O4S. The van der Waals surface area contributed by atoms with Gasteiger partial charge in [0.1, 0.15) is 5.75 Å². The molecule has 7 heteroatoms. The molecule has 1 amide bonds. The quantitative estimate of drug-likeness (QED) is 0.769. The molecule has 1 saturated heterocycles. The Labute approximate surface area is 162 Å². The summed E-state index contributed by atoms with van der Waals surface area (Å²) in [6.45, 7) is 1.42. The van der Waals surface area contributed by atoms with E-state index < -0.39 is 10.0 Å². The van der Waals surface area contributed by atoms with Crippen molar-refractivity contribution in [1.82, 2.24) is 9.21 Å². The molecule has 2 fully saturated rings. The second kappa shape index (κ2) is 8.61. The number of sulfonamides is 1. The van der Waals surface area contributed by atoms with E-state index in [9.17, 15) is 13.2 Å². The molecule has 1 aromatic rings. The first-order valence-electron chi connectivity index (χ1n) is 9.90. The number of hydrogen-bond acceptors (Lipinski definition) is 4. The maximum absolute atomic E-state index is 13.1. The van der Waals surface area contributed by atoms with Gasteiger partial charge in [-0.2, -0.15) is 4.31 Å². The normalized spacial score (nSPS) is 19.3. The lowest BCUT2D eigenvalue weighted by atomic mass is 9.96. The van der Waals surface area contributed by atoms with Crippen molar-refractivity contribution in [3.05, 3.63) is 23.8 Å². The van der Waals surface area contributed by atoms with Gasteiger partial charge in [0.2, 0.25) is 10.0 Å². The van der Waals surface area contributed by atoms with Crippen LogP contribution in [0.25, 0.3) is 0 Å². The molecule has 3 rings (SSSR count). The summed E-state index contributed by atoms with van der Waals surface area (Å²) < 4.78 is 33.1. The third-order valence-electron chi connectivity index (χ3n) is 5.81. The molecule has 1 heterocycles. The summed E-state index contributed by atoms with van der Waals surface area (Å²) in [4.78, 5) is 14.9. The minimum Gasteiger partial charge on any atom is -0.496 e. The monoisotopic (exact) mass is 394 g/mol. The van der Waals surface area contributed by atoms with E-state index in [2.05, 4.69) is 0 Å². The Hall–Kier alpha value is -1.60. The van der Waals surface area contributed by atoms with Crippen LogP contribution in [0.3, 0.4) is 0 Å². The van der Waals surface area contributed by atoms with Crippen molar-refractivity contribution in [2.24, 2.45) is 0 Å². The third-order valence-corrected chi connectivity index (χ3v) is 7.72. The van der Waals surface area contributed by atoms with Gasteiger partial charge in [-0.1, -0.05) is 19.3 Å². The molecule has 0 spiro atoms. The highest BCUT2D eigenvalue weighted by molar-refractivity contribution is 7.89. The van der Waals surface area contributed by atoms with Gasteiger partial charge in [-0.25, -0.2) is 8.42 Å². The highest BCUT2D eigenvalue weighted by Crippen LogP contribution is 2.30. The summed E-state index contributed by atoms with van der Waals surface area (Å²) in [5.74, 6) is 0.272. The summed E-state index contributed by atoms with van der Waals surface area (Å²) in [7, 11) is -0.484. The average Bonchev–Trinajstić information content (AvgIpc) is 2.73. The maximum atomic E-state index is 13.1. The van der Waals surface area contributed by atoms with Gasteiger partial charge >= 0.3 is 0 Å². The van der Waals surface area contributed by atoms with Gasteiger partial charge < -0.3 is 9.64 Å². The van der Waals surface area contributed by atoms with E-state index in [1.165, 1.54) is 23.9 Å². The number of carbonyl (C=O) groups is 1. The number of amides is 1. The Morgan fingerprint density at radius 3 is 2.33 bits per heavy atom. The minimum atomic E-state index is -3.64. The fourth-order valence-corrected chi connectivity index (χ4v) is 5.53. The van der Waals surface area contributed by atoms with Crippen molar-refractivity contribution in [2.75, 3.05) is 27.2 Å². The number of nitrogens with zero attached hydrogens (tertiary/aromatic N) is 2. The Morgan fingerprint density at radius 2 is 1.70 bits per heavy atom. The molecule has 1 aliphatic carbocycles. The maximum Gasteiger partial charge on any atom is 0.257 e. The highest BCUT2D eigenvalue weighted by Gasteiger charge is 2.31. The molecule has 0 bridgehead atoms. The van der Waals surface area contributed by atoms with E-state index in [0.717, 1.165) is 44.9 Å². The van der Waals surface area contributed by atoms with Gasteiger partial charge in [-0.05, 0) is 50.3 Å². The first-order valence-corrected chi connectivity index (χ1v) is 11.3. The molecule has 6 nitrogen and oxygen atoms in total. The van der Waals surface area contributed by atoms with Crippen LogP contribution in [0.5, 0.6) is 5.75 Å². The van der Waals surface area contributed by atoms with Gasteiger partial charge in [0, 0.05) is 26.2 Å². The number of methoxy groups -OCH3 is 1. The van der Waals surface area contributed by atoms with Crippen molar-refractivity contribution < 1.29 is 17.9 Å². The van der Waals surface area contributed by atoms with E-state index in [0.29, 0.717) is 24.4 Å². The van der Waals surface area contributed by atoms with E-state index in [1.54, 1.807) is 24.1 Å². The van der Waals surface area contributed by atoms with Gasteiger partial charge in [0.15, 0.2) is 0 Å². The van der Waals surface area contributed by atoms with Crippen molar-refractivity contribution in [2.45, 2.75) is 62.3 Å². The Balaban J connectivity index is 1.90. The Bertz CT molecular complexity index is 766. The van der Waals surface area contributed by atoms with Crippen LogP contribution in [-0.4, -0.2) is 56.8 Å². The smallest absolute Gasteiger partial charge is 0.257 e. The first kappa shape index (κ1) is 20.1. The second-order valence-corrected chi connectivity index (χ2v) is 9.53. The first-order chi connectivity index (χ1) is 12.9. The zero-order valence-corrected chi connectivity index (χ0v) is 17.1. The molecule has 1 aliphatic heterocycles. The van der Waals surface area contributed by atoms with E-state index in [-0.39, 0.29) is 16.8 Å². The van der Waals surface area contributed by atoms with Crippen molar-refractivity contribution in [3.8, 4) is 5.75 Å². The third kappa shape index (κ3) is 4.29. The van der Waals surface area contributed by atoms with Gasteiger partial charge in [0.25, 0.3) is 5.91 Å². The molecular weight excluding hydrogens is 364 g/mol. The van der Waals surface area contributed by atoms with Crippen LogP contribution in [0.2, 0.25) is 0 Å². The number of carbonyl (C=O) groups excluding carboxylic acids is 1. The average molecular weight is 395 g/mol. The molecule has 0 atom stereocenters. The fraction of sp³-hybridized carbons (Fsp3) is 0.650. The van der Waals surface area contributed by atoms with E-state index in [4.69, 9.17) is 4.74 Å². The summed E-state index contributed by atoms with van der Waals surface area (Å²) in [6, 6.07) is 4.66. The number of ether oxygens (including phenoxy) is 1. The molecule has 0 unspecified atom stereocenters. The lowest BCUT2D eigenvalue weighted by Gasteiger charge is -2.31. The fourth-order valence-electron chi connectivity index (χ4n) is 4.09. The van der Waals surface area contributed by atoms with E-state index >= 15 is 0 Å². The molecule has 1 saturated carbocycles. The lowest BCUT2D eigenvalue weighted by molar-refractivity contribution is 0.0720. The van der Waals surface area contributed by atoms with Crippen LogP contribution < -0.4 is 4.74 Å². The highest BCUT2D eigenvalue weighted by atomic mass is 32.2. The molecule has 1 aromatic carbocycles. The van der Waals surface area contributed by atoms with E-state index in [1.807, 2.05) is 0 Å². The predicted molar refractivity (Wildman–Crippen MR) is 105 cm³/mol. The topological polar surface area (TPSA) is 66.9 Å². The predicted octanol–water partition coefficient (Wildman–Crippen LogP) is 3.27. The number of rotatable bonds is 5. The number of benzene rings is 1. The zero-order chi connectivity index (χ0) is 19.4. The van der Waals surface area contributed by atoms with Crippen molar-refractivity contribution >= 4 is 15.9 Å². The number of piperidine rings is 1. The van der Waals surface area contributed by atoms with Crippen molar-refractivity contribution in [3.63, 3.8) is 0 Å². The van der Waals surface area contributed by atoms with Crippen molar-refractivity contribution in [1.29, 1.82) is 0 Å². The van der Waals surface area contributed by atoms with Gasteiger partial charge in [0.05, 0.1) is 17.6 Å². The Kier molecular flexibility index (Phi) is 6.42. The lowest BCUT2D eigenvalue weighted by Crippen LogP contribution is -2.38. The van der Waals surface area contributed by atoms with Crippen LogP contribution in [-0.2, 0) is 10.0 Å². The SMILES string of the molecule is COc1ccc(S(=O)(=O)N(C)C2CCCCC2)cc1C(=O)N1CCCCC1. The summed E-state index contributed by atoms with van der Waals surface area (Å²) in [6.07, 6.45) is 8.17. The Morgan fingerprint density at radius 1 is 1.07 bits per heavy atom. The van der Waals surface area contributed by atoms with Crippen LogP contribution in [0.15, 0.2) is 23.1 Å². The molecule has 0 aromatic heterocycles. The second-order valence-electron chi connectivity index (χ2n) is 7.53. The van der Waals surface area contributed by atoms with Gasteiger partial charge in [-0.15, -0.1) is 0 Å². The van der Waals surface area contributed by atoms with Crippen LogP contribution in [0.4, 0.5) is 0 Å².